The van der Waals surface area contributed by atoms with Gasteiger partial charge in [0.15, 0.2) is 11.5 Å². The number of sulfonamides is 1. The third kappa shape index (κ3) is 7.54. The van der Waals surface area contributed by atoms with Gasteiger partial charge >= 0.3 is 6.18 Å². The molecular formula is C37H32F7N7O4S. The van der Waals surface area contributed by atoms with Crippen LogP contribution < -0.4 is 10.0 Å². The summed E-state index contributed by atoms with van der Waals surface area (Å²) >= 11 is 0. The molecule has 5 aromatic rings. The van der Waals surface area contributed by atoms with Gasteiger partial charge in [0.1, 0.15) is 41.0 Å². The van der Waals surface area contributed by atoms with Gasteiger partial charge in [0.05, 0.1) is 29.2 Å². The number of hydrogen-bond acceptors (Lipinski definition) is 7. The highest BCUT2D eigenvalue weighted by molar-refractivity contribution is 7.92. The van der Waals surface area contributed by atoms with Crippen LogP contribution in [0.4, 0.5) is 36.6 Å². The molecule has 0 saturated heterocycles. The third-order valence-corrected chi connectivity index (χ3v) is 9.89. The number of halogens is 7. The van der Waals surface area contributed by atoms with Crippen LogP contribution in [0.3, 0.4) is 0 Å². The predicted molar refractivity (Wildman–Crippen MR) is 188 cm³/mol. The number of rotatable bonds is 9. The molecule has 1 aromatic carbocycles. The Balaban J connectivity index is 1.38. The molecule has 3 N–H and O–H groups in total. The van der Waals surface area contributed by atoms with Crippen molar-refractivity contribution in [3.8, 4) is 23.1 Å². The van der Waals surface area contributed by atoms with Gasteiger partial charge < -0.3 is 10.4 Å². The summed E-state index contributed by atoms with van der Waals surface area (Å²) in [7, 11) is -3.78. The molecule has 7 rings (SSSR count). The van der Waals surface area contributed by atoms with E-state index in [9.17, 15) is 40.3 Å². The number of aromatic nitrogens is 5. The fourth-order valence-electron chi connectivity index (χ4n) is 7.17. The maximum absolute atomic E-state index is 15.4. The first-order valence-electron chi connectivity index (χ1n) is 17.0. The lowest BCUT2D eigenvalue weighted by molar-refractivity contribution is -0.142. The Kier molecular flexibility index (Phi) is 9.23. The van der Waals surface area contributed by atoms with Crippen molar-refractivity contribution in [2.75, 3.05) is 11.0 Å². The van der Waals surface area contributed by atoms with Gasteiger partial charge in [0, 0.05) is 23.1 Å². The first-order chi connectivity index (χ1) is 26.0. The summed E-state index contributed by atoms with van der Waals surface area (Å²) in [6, 6.07) is 9.06. The van der Waals surface area contributed by atoms with Crippen LogP contribution in [0.5, 0.6) is 0 Å². The summed E-state index contributed by atoms with van der Waals surface area (Å²) in [5.41, 5.74) is -3.63. The number of benzene rings is 1. The normalized spacial score (nSPS) is 17.9. The number of carbonyl (C=O) groups excluding carboxylic acids is 1. The van der Waals surface area contributed by atoms with E-state index in [4.69, 9.17) is 0 Å². The van der Waals surface area contributed by atoms with Crippen molar-refractivity contribution in [2.24, 2.45) is 5.92 Å². The van der Waals surface area contributed by atoms with Gasteiger partial charge in [-0.1, -0.05) is 12.0 Å². The van der Waals surface area contributed by atoms with Crippen LogP contribution in [-0.4, -0.2) is 55.4 Å². The Morgan fingerprint density at radius 1 is 1.09 bits per heavy atom. The lowest BCUT2D eigenvalue weighted by Crippen LogP contribution is -2.35. The van der Waals surface area contributed by atoms with E-state index in [1.165, 1.54) is 19.9 Å². The van der Waals surface area contributed by atoms with Crippen LogP contribution in [0, 0.1) is 36.3 Å². The minimum Gasteiger partial charge on any atom is -0.378 e. The molecule has 0 aliphatic heterocycles. The number of pyridine rings is 2. The maximum atomic E-state index is 15.4. The number of anilines is 1. The number of carbonyl (C=O) groups is 1. The SMILES string of the molecule is Cc1nc(NS(C)(=O)=O)c2cccc(-c3ccc(C#CC(C)(C)O)nc3[C@H](Cc3cc(F)cc(F)c3)NC(=O)Cn3nc(C(F)(F)F)c4c3C(F)(F)C3C[C@H]43)n12. The minimum atomic E-state index is -5.07. The first-order valence-corrected chi connectivity index (χ1v) is 18.9. The molecule has 56 heavy (non-hydrogen) atoms. The van der Waals surface area contributed by atoms with E-state index < -0.39 is 86.6 Å². The van der Waals surface area contributed by atoms with Crippen molar-refractivity contribution >= 4 is 27.3 Å². The zero-order valence-corrected chi connectivity index (χ0v) is 30.8. The van der Waals surface area contributed by atoms with E-state index in [0.717, 1.165) is 18.4 Å². The molecule has 4 aromatic heterocycles. The van der Waals surface area contributed by atoms with Crippen LogP contribution in [0.25, 0.3) is 16.8 Å². The number of fused-ring (bicyclic) bond motifs is 4. The molecule has 3 atom stereocenters. The Morgan fingerprint density at radius 2 is 1.79 bits per heavy atom. The van der Waals surface area contributed by atoms with Crippen molar-refractivity contribution in [1.82, 2.24) is 29.5 Å². The number of aliphatic hydroxyl groups is 1. The molecule has 0 radical (unpaired) electrons. The average molecular weight is 804 g/mol. The largest absolute Gasteiger partial charge is 0.435 e. The van der Waals surface area contributed by atoms with Crippen molar-refractivity contribution < 1.29 is 49.1 Å². The van der Waals surface area contributed by atoms with E-state index in [2.05, 4.69) is 36.9 Å². The second-order valence-electron chi connectivity index (χ2n) is 14.4. The fourth-order valence-corrected chi connectivity index (χ4v) is 7.67. The van der Waals surface area contributed by atoms with E-state index >= 15 is 8.78 Å². The molecule has 0 spiro atoms. The van der Waals surface area contributed by atoms with Crippen LogP contribution in [0.2, 0.25) is 0 Å². The maximum Gasteiger partial charge on any atom is 0.435 e. The highest BCUT2D eigenvalue weighted by Gasteiger charge is 2.68. The van der Waals surface area contributed by atoms with Gasteiger partial charge in [-0.3, -0.25) is 18.6 Å². The molecule has 294 valence electrons. The summed E-state index contributed by atoms with van der Waals surface area (Å²) in [4.78, 5) is 22.9. The van der Waals surface area contributed by atoms with Crippen LogP contribution >= 0.6 is 0 Å². The molecular weight excluding hydrogens is 772 g/mol. The standard InChI is InChI=1S/C37H32F7N7O4S/c1-18-45-34(49-56(4,54)55)28-7-5-6-27(51(18)28)23-9-8-22(10-11-35(2,3)53)46-31(23)26(14-19-12-20(38)15-21(39)13-19)47-29(52)17-50-33-30(32(48-50)37(42,43)44)24-16-25(24)36(33,40)41/h5-9,12-13,15,24-26,49,53H,14,16-17H2,1-4H3,(H,47,52)/t24-,25?,26-/m0/s1. The number of amides is 1. The number of hydrogen-bond donors (Lipinski definition) is 3. The average Bonchev–Trinajstić information content (AvgIpc) is 3.61. The molecule has 1 saturated carbocycles. The van der Waals surface area contributed by atoms with E-state index in [-0.39, 0.29) is 41.2 Å². The first kappa shape index (κ1) is 38.8. The van der Waals surface area contributed by atoms with E-state index in [1.807, 2.05) is 0 Å². The summed E-state index contributed by atoms with van der Waals surface area (Å²) in [5.74, 6) is -3.42. The van der Waals surface area contributed by atoms with Gasteiger partial charge in [0.2, 0.25) is 15.9 Å². The predicted octanol–water partition coefficient (Wildman–Crippen LogP) is 6.00. The van der Waals surface area contributed by atoms with Gasteiger partial charge in [-0.2, -0.15) is 27.1 Å². The molecule has 4 heterocycles. The Hall–Kier alpha value is -5.48. The monoisotopic (exact) mass is 803 g/mol. The quantitative estimate of drug-likeness (QED) is 0.123. The van der Waals surface area contributed by atoms with Crippen molar-refractivity contribution in [3.63, 3.8) is 0 Å². The van der Waals surface area contributed by atoms with Gasteiger partial charge in [0.25, 0.3) is 5.92 Å². The molecule has 11 nitrogen and oxygen atoms in total. The number of alkyl halides is 5. The molecule has 1 amide bonds. The third-order valence-electron chi connectivity index (χ3n) is 9.33. The number of nitrogens with one attached hydrogen (secondary N) is 2. The van der Waals surface area contributed by atoms with Crippen molar-refractivity contribution in [1.29, 1.82) is 0 Å². The lowest BCUT2D eigenvalue weighted by atomic mass is 9.96. The smallest absolute Gasteiger partial charge is 0.378 e. The van der Waals surface area contributed by atoms with E-state index in [1.54, 1.807) is 35.6 Å². The fraction of sp³-hybridized carbons (Fsp3) is 0.351. The van der Waals surface area contributed by atoms with E-state index in [0.29, 0.717) is 27.8 Å². The Labute approximate surface area is 315 Å². The van der Waals surface area contributed by atoms with Crippen LogP contribution in [-0.2, 0) is 39.9 Å². The van der Waals surface area contributed by atoms with Crippen molar-refractivity contribution in [2.45, 2.75) is 69.8 Å². The van der Waals surface area contributed by atoms with Crippen LogP contribution in [0.1, 0.15) is 72.0 Å². The summed E-state index contributed by atoms with van der Waals surface area (Å²) < 4.78 is 130. The molecule has 0 bridgehead atoms. The zero-order valence-electron chi connectivity index (χ0n) is 29.9. The molecule has 1 fully saturated rings. The zero-order chi connectivity index (χ0) is 40.7. The number of nitrogens with zero attached hydrogens (tertiary/aromatic N) is 5. The second-order valence-corrected chi connectivity index (χ2v) is 16.1. The molecule has 2 aliphatic rings. The summed E-state index contributed by atoms with van der Waals surface area (Å²) in [6.45, 7) is 3.35. The number of aryl methyl sites for hydroxylation is 1. The summed E-state index contributed by atoms with van der Waals surface area (Å²) in [5, 5.41) is 16.3. The topological polar surface area (TPSA) is 144 Å². The minimum absolute atomic E-state index is 0.00274. The van der Waals surface area contributed by atoms with Crippen LogP contribution in [0.15, 0.2) is 48.5 Å². The van der Waals surface area contributed by atoms with Gasteiger partial charge in [-0.05, 0) is 87.4 Å². The van der Waals surface area contributed by atoms with Gasteiger partial charge in [-0.25, -0.2) is 27.2 Å². The lowest BCUT2D eigenvalue weighted by Gasteiger charge is -2.23. The highest BCUT2D eigenvalue weighted by atomic mass is 32.2. The summed E-state index contributed by atoms with van der Waals surface area (Å²) in [6.07, 6.45) is -4.66. The highest BCUT2D eigenvalue weighted by Crippen LogP contribution is 2.68. The number of imidazole rings is 1. The second kappa shape index (κ2) is 13.3. The Morgan fingerprint density at radius 3 is 2.43 bits per heavy atom. The Bertz CT molecular complexity index is 2580. The molecule has 1 unspecified atom stereocenters. The molecule has 2 aliphatic carbocycles. The molecule has 19 heteroatoms. The van der Waals surface area contributed by atoms with Gasteiger partial charge in [-0.15, -0.1) is 0 Å². The van der Waals surface area contributed by atoms with Crippen molar-refractivity contribution in [3.05, 3.63) is 99.9 Å².